The first-order valence-corrected chi connectivity index (χ1v) is 2.77. The van der Waals surface area contributed by atoms with E-state index in [1.807, 2.05) is 0 Å². The molecule has 0 atom stereocenters. The van der Waals surface area contributed by atoms with Gasteiger partial charge in [0, 0.05) is 0 Å². The van der Waals surface area contributed by atoms with Crippen molar-refractivity contribution < 1.29 is 19.4 Å². The maximum absolute atomic E-state index is 10.4. The van der Waals surface area contributed by atoms with Crippen molar-refractivity contribution in [1.82, 2.24) is 5.32 Å². The third-order valence-corrected chi connectivity index (χ3v) is 0.682. The lowest BCUT2D eigenvalue weighted by atomic mass is 10.6. The standard InChI is InChI=1S/C5H9NO4/c1-2-10-4(7)3-6-5(8)9/h6H,2-3H2,1H3,(H,8,9)/p-1. The molecule has 58 valence electrons. The second-order valence-corrected chi connectivity index (χ2v) is 1.45. The maximum atomic E-state index is 10.4. The molecule has 1 N–H and O–H groups in total. The third kappa shape index (κ3) is 4.89. The second-order valence-electron chi connectivity index (χ2n) is 1.45. The molecule has 1 amide bonds. The molecule has 0 unspecified atom stereocenters. The fraction of sp³-hybridized carbons (Fsp3) is 0.600. The van der Waals surface area contributed by atoms with Crippen LogP contribution in [0.5, 0.6) is 0 Å². The molecule has 10 heavy (non-hydrogen) atoms. The zero-order valence-corrected chi connectivity index (χ0v) is 5.55. The van der Waals surface area contributed by atoms with Gasteiger partial charge in [0.15, 0.2) is 0 Å². The van der Waals surface area contributed by atoms with Gasteiger partial charge in [0.2, 0.25) is 0 Å². The molecule has 0 aliphatic carbocycles. The Bertz CT molecular complexity index is 134. The Kier molecular flexibility index (Phi) is 4.02. The van der Waals surface area contributed by atoms with Gasteiger partial charge in [-0.3, -0.25) is 4.79 Å². The minimum Gasteiger partial charge on any atom is -0.530 e. The van der Waals surface area contributed by atoms with Gasteiger partial charge < -0.3 is 20.0 Å². The number of carbonyl (C=O) groups is 2. The molecule has 5 nitrogen and oxygen atoms in total. The van der Waals surface area contributed by atoms with Crippen LogP contribution in [0.2, 0.25) is 0 Å². The lowest BCUT2D eigenvalue weighted by molar-refractivity contribution is -0.250. The van der Waals surface area contributed by atoms with Crippen LogP contribution >= 0.6 is 0 Å². The zero-order chi connectivity index (χ0) is 7.98. The van der Waals surface area contributed by atoms with E-state index in [-0.39, 0.29) is 13.2 Å². The summed E-state index contributed by atoms with van der Waals surface area (Å²) in [6, 6.07) is 0. The number of carbonyl (C=O) groups excluding carboxylic acids is 2. The predicted octanol–water partition coefficient (Wildman–Crippen LogP) is -1.52. The van der Waals surface area contributed by atoms with E-state index in [1.54, 1.807) is 12.2 Å². The Balaban J connectivity index is 3.30. The van der Waals surface area contributed by atoms with Crippen LogP contribution in [0.3, 0.4) is 0 Å². The van der Waals surface area contributed by atoms with Crippen molar-refractivity contribution in [3.8, 4) is 0 Å². The van der Waals surface area contributed by atoms with Gasteiger partial charge in [-0.15, -0.1) is 0 Å². The average Bonchev–Trinajstić information content (AvgIpc) is 1.85. The minimum atomic E-state index is -1.48. The SMILES string of the molecule is CCOC(=O)CNC(=O)[O-]. The van der Waals surface area contributed by atoms with E-state index in [9.17, 15) is 14.7 Å². The molecule has 0 saturated carbocycles. The van der Waals surface area contributed by atoms with Crippen LogP contribution in [0.4, 0.5) is 4.79 Å². The molecular weight excluding hydrogens is 138 g/mol. The van der Waals surface area contributed by atoms with Gasteiger partial charge in [0.25, 0.3) is 0 Å². The summed E-state index contributed by atoms with van der Waals surface area (Å²) in [4.78, 5) is 20.0. The Morgan fingerprint density at radius 3 is 2.60 bits per heavy atom. The summed E-state index contributed by atoms with van der Waals surface area (Å²) in [5.74, 6) is -0.605. The lowest BCUT2D eigenvalue weighted by Gasteiger charge is -2.04. The van der Waals surface area contributed by atoms with E-state index in [0.717, 1.165) is 0 Å². The summed E-state index contributed by atoms with van der Waals surface area (Å²) >= 11 is 0. The average molecular weight is 146 g/mol. The first kappa shape index (κ1) is 8.74. The topological polar surface area (TPSA) is 78.5 Å². The van der Waals surface area contributed by atoms with Gasteiger partial charge in [-0.25, -0.2) is 0 Å². The zero-order valence-electron chi connectivity index (χ0n) is 5.55. The number of esters is 1. The van der Waals surface area contributed by atoms with Crippen molar-refractivity contribution in [2.45, 2.75) is 6.92 Å². The molecule has 0 aliphatic rings. The molecule has 0 aromatic heterocycles. The second kappa shape index (κ2) is 4.60. The van der Waals surface area contributed by atoms with Crippen LogP contribution in [0.25, 0.3) is 0 Å². The van der Waals surface area contributed by atoms with Crippen molar-refractivity contribution in [3.05, 3.63) is 0 Å². The predicted molar refractivity (Wildman–Crippen MR) is 30.0 cm³/mol. The Hall–Kier alpha value is -1.26. The number of amides is 1. The van der Waals surface area contributed by atoms with Crippen molar-refractivity contribution in [2.75, 3.05) is 13.2 Å². The summed E-state index contributed by atoms with van der Waals surface area (Å²) in [6.45, 7) is 1.53. The first-order chi connectivity index (χ1) is 4.66. The number of carboxylic acid groups (broad SMARTS) is 1. The third-order valence-electron chi connectivity index (χ3n) is 0.682. The first-order valence-electron chi connectivity index (χ1n) is 2.77. The maximum Gasteiger partial charge on any atom is 0.325 e. The van der Waals surface area contributed by atoms with Crippen molar-refractivity contribution in [1.29, 1.82) is 0 Å². The molecule has 0 saturated heterocycles. The van der Waals surface area contributed by atoms with E-state index in [2.05, 4.69) is 4.74 Å². The fourth-order valence-corrected chi connectivity index (χ4v) is 0.356. The highest BCUT2D eigenvalue weighted by Gasteiger charge is 1.97. The van der Waals surface area contributed by atoms with Crippen LogP contribution in [0, 0.1) is 0 Å². The molecule has 5 heteroatoms. The minimum absolute atomic E-state index is 0.244. The summed E-state index contributed by atoms with van der Waals surface area (Å²) in [5.41, 5.74) is 0. The van der Waals surface area contributed by atoms with Gasteiger partial charge >= 0.3 is 5.97 Å². The van der Waals surface area contributed by atoms with Crippen LogP contribution in [-0.4, -0.2) is 25.2 Å². The summed E-state index contributed by atoms with van der Waals surface area (Å²) < 4.78 is 4.40. The quantitative estimate of drug-likeness (QED) is 0.490. The molecule has 0 radical (unpaired) electrons. The molecule has 0 aliphatic heterocycles. The van der Waals surface area contributed by atoms with Gasteiger partial charge in [0.05, 0.1) is 6.61 Å². The highest BCUT2D eigenvalue weighted by Crippen LogP contribution is 1.73. The Morgan fingerprint density at radius 2 is 2.20 bits per heavy atom. The van der Waals surface area contributed by atoms with Crippen LogP contribution in [0.15, 0.2) is 0 Å². The normalized spacial score (nSPS) is 8.50. The number of nitrogens with one attached hydrogen (secondary N) is 1. The van der Waals surface area contributed by atoms with E-state index in [0.29, 0.717) is 0 Å². The number of hydrogen-bond donors (Lipinski definition) is 1. The van der Waals surface area contributed by atoms with E-state index in [1.165, 1.54) is 0 Å². The largest absolute Gasteiger partial charge is 0.530 e. The summed E-state index contributed by atoms with van der Waals surface area (Å²) in [6.07, 6.45) is -1.48. The van der Waals surface area contributed by atoms with Crippen molar-refractivity contribution in [3.63, 3.8) is 0 Å². The lowest BCUT2D eigenvalue weighted by Crippen LogP contribution is -2.39. The van der Waals surface area contributed by atoms with E-state index >= 15 is 0 Å². The molecule has 0 bridgehead atoms. The number of rotatable bonds is 3. The molecule has 0 heterocycles. The molecular formula is C5H8NO4-. The Morgan fingerprint density at radius 1 is 1.60 bits per heavy atom. The monoisotopic (exact) mass is 146 g/mol. The molecule has 0 aromatic carbocycles. The summed E-state index contributed by atoms with van der Waals surface area (Å²) in [5, 5.41) is 11.4. The Labute approximate surface area is 58.0 Å². The molecule has 0 aromatic rings. The highest BCUT2D eigenvalue weighted by molar-refractivity contribution is 5.76. The van der Waals surface area contributed by atoms with Crippen LogP contribution < -0.4 is 10.4 Å². The number of ether oxygens (including phenoxy) is 1. The van der Waals surface area contributed by atoms with Crippen LogP contribution in [-0.2, 0) is 9.53 Å². The molecule has 0 fully saturated rings. The van der Waals surface area contributed by atoms with Gasteiger partial charge in [-0.1, -0.05) is 0 Å². The van der Waals surface area contributed by atoms with Gasteiger partial charge in [-0.05, 0) is 6.92 Å². The van der Waals surface area contributed by atoms with Crippen LogP contribution in [0.1, 0.15) is 6.92 Å². The van der Waals surface area contributed by atoms with Gasteiger partial charge in [0.1, 0.15) is 12.6 Å². The summed E-state index contributed by atoms with van der Waals surface area (Å²) in [7, 11) is 0. The smallest absolute Gasteiger partial charge is 0.325 e. The fourth-order valence-electron chi connectivity index (χ4n) is 0.356. The highest BCUT2D eigenvalue weighted by atomic mass is 16.5. The molecule has 0 spiro atoms. The van der Waals surface area contributed by atoms with E-state index in [4.69, 9.17) is 0 Å². The van der Waals surface area contributed by atoms with Crippen molar-refractivity contribution >= 4 is 12.1 Å². The van der Waals surface area contributed by atoms with Crippen molar-refractivity contribution in [2.24, 2.45) is 0 Å². The van der Waals surface area contributed by atoms with Gasteiger partial charge in [-0.2, -0.15) is 0 Å². The molecule has 0 rings (SSSR count). The van der Waals surface area contributed by atoms with E-state index < -0.39 is 12.1 Å². The number of hydrogen-bond acceptors (Lipinski definition) is 4.